The van der Waals surface area contributed by atoms with Gasteiger partial charge >= 0.3 is 0 Å². The molecule has 0 N–H and O–H groups in total. The Morgan fingerprint density at radius 1 is 1.14 bits per heavy atom. The largest absolute Gasteiger partial charge is 0.351 e. The lowest BCUT2D eigenvalue weighted by molar-refractivity contribution is 0.482. The topological polar surface area (TPSA) is 46.3 Å². The van der Waals surface area contributed by atoms with E-state index in [0.29, 0.717) is 6.04 Å². The zero-order valence-corrected chi connectivity index (χ0v) is 12.5. The molecule has 1 unspecified atom stereocenters. The summed E-state index contributed by atoms with van der Waals surface area (Å²) in [5, 5.41) is 8.66. The number of piperidine rings is 1. The highest BCUT2D eigenvalue weighted by atomic mass is 15.3. The van der Waals surface area contributed by atoms with E-state index in [-0.39, 0.29) is 0 Å². The zero-order chi connectivity index (χ0) is 14.4. The number of para-hydroxylation sites is 2. The number of aromatic nitrogens is 4. The molecule has 0 radical (unpaired) electrons. The minimum absolute atomic E-state index is 0.508. The molecule has 4 rings (SSSR count). The second-order valence-electron chi connectivity index (χ2n) is 5.87. The molecular formula is C16H19N5. The van der Waals surface area contributed by atoms with Crippen molar-refractivity contribution in [3.63, 3.8) is 0 Å². The molecule has 1 fully saturated rings. The zero-order valence-electron chi connectivity index (χ0n) is 12.5. The van der Waals surface area contributed by atoms with Crippen LogP contribution in [0.15, 0.2) is 24.3 Å². The molecule has 1 aliphatic heterocycles. The third kappa shape index (κ3) is 1.87. The van der Waals surface area contributed by atoms with Crippen molar-refractivity contribution in [1.29, 1.82) is 0 Å². The summed E-state index contributed by atoms with van der Waals surface area (Å²) in [5.74, 6) is 1.89. The lowest BCUT2D eigenvalue weighted by atomic mass is 10.0. The van der Waals surface area contributed by atoms with Gasteiger partial charge in [-0.25, -0.2) is 4.98 Å². The first-order valence-corrected chi connectivity index (χ1v) is 7.63. The summed E-state index contributed by atoms with van der Waals surface area (Å²) in [6.07, 6.45) is 3.74. The quantitative estimate of drug-likeness (QED) is 0.688. The lowest BCUT2D eigenvalue weighted by Crippen LogP contribution is -2.38. The maximum atomic E-state index is 4.89. The van der Waals surface area contributed by atoms with E-state index in [9.17, 15) is 0 Å². The second-order valence-corrected chi connectivity index (χ2v) is 5.87. The standard InChI is InChI=1S/C16H19N5/c1-11-7-5-6-10-20(11)15-16-19-18-12(2)21(16)14-9-4-3-8-13(14)17-15/h3-4,8-9,11H,5-7,10H2,1-2H3. The first-order chi connectivity index (χ1) is 10.3. The fourth-order valence-electron chi connectivity index (χ4n) is 3.31. The van der Waals surface area contributed by atoms with Gasteiger partial charge in [0.1, 0.15) is 5.82 Å². The van der Waals surface area contributed by atoms with Crippen molar-refractivity contribution in [2.45, 2.75) is 39.2 Å². The minimum Gasteiger partial charge on any atom is -0.351 e. The summed E-state index contributed by atoms with van der Waals surface area (Å²) in [4.78, 5) is 7.28. The van der Waals surface area contributed by atoms with Crippen molar-refractivity contribution in [3.8, 4) is 0 Å². The molecule has 1 atom stereocenters. The van der Waals surface area contributed by atoms with E-state index < -0.39 is 0 Å². The van der Waals surface area contributed by atoms with Gasteiger partial charge in [0.05, 0.1) is 11.0 Å². The minimum atomic E-state index is 0.508. The van der Waals surface area contributed by atoms with Crippen LogP contribution in [0, 0.1) is 6.92 Å². The number of anilines is 1. The monoisotopic (exact) mass is 281 g/mol. The van der Waals surface area contributed by atoms with Crippen LogP contribution in [0.4, 0.5) is 5.82 Å². The Balaban J connectivity index is 2.03. The van der Waals surface area contributed by atoms with Crippen molar-refractivity contribution >= 4 is 22.5 Å². The molecule has 1 aliphatic rings. The van der Waals surface area contributed by atoms with E-state index in [1.807, 2.05) is 19.1 Å². The molecular weight excluding hydrogens is 262 g/mol. The third-order valence-electron chi connectivity index (χ3n) is 4.45. The summed E-state index contributed by atoms with van der Waals surface area (Å²) in [5.41, 5.74) is 2.95. The highest BCUT2D eigenvalue weighted by Crippen LogP contribution is 2.29. The van der Waals surface area contributed by atoms with Gasteiger partial charge in [0.15, 0.2) is 5.82 Å². The smallest absolute Gasteiger partial charge is 0.204 e. The van der Waals surface area contributed by atoms with Crippen molar-refractivity contribution in [1.82, 2.24) is 19.6 Å². The van der Waals surface area contributed by atoms with Gasteiger partial charge in [0, 0.05) is 12.6 Å². The normalized spacial score (nSPS) is 19.5. The van der Waals surface area contributed by atoms with E-state index in [1.54, 1.807) is 0 Å². The molecule has 1 saturated heterocycles. The third-order valence-corrected chi connectivity index (χ3v) is 4.45. The summed E-state index contributed by atoms with van der Waals surface area (Å²) in [7, 11) is 0. The van der Waals surface area contributed by atoms with Crippen molar-refractivity contribution in [3.05, 3.63) is 30.1 Å². The van der Waals surface area contributed by atoms with Gasteiger partial charge in [-0.2, -0.15) is 0 Å². The van der Waals surface area contributed by atoms with Crippen LogP contribution in [-0.4, -0.2) is 32.2 Å². The van der Waals surface area contributed by atoms with Gasteiger partial charge in [-0.3, -0.25) is 4.40 Å². The van der Waals surface area contributed by atoms with Crippen LogP contribution < -0.4 is 4.90 Å². The van der Waals surface area contributed by atoms with E-state index in [2.05, 4.69) is 38.6 Å². The number of benzene rings is 1. The van der Waals surface area contributed by atoms with Crippen molar-refractivity contribution < 1.29 is 0 Å². The number of hydrogen-bond donors (Lipinski definition) is 0. The molecule has 5 heteroatoms. The van der Waals surface area contributed by atoms with Crippen LogP contribution in [0.1, 0.15) is 32.0 Å². The van der Waals surface area contributed by atoms with Crippen molar-refractivity contribution in [2.24, 2.45) is 0 Å². The summed E-state index contributed by atoms with van der Waals surface area (Å²) in [6.45, 7) is 5.32. The molecule has 2 aromatic heterocycles. The van der Waals surface area contributed by atoms with Crippen LogP contribution >= 0.6 is 0 Å². The molecule has 0 saturated carbocycles. The molecule has 5 nitrogen and oxygen atoms in total. The number of rotatable bonds is 1. The van der Waals surface area contributed by atoms with Gasteiger partial charge in [0.2, 0.25) is 5.65 Å². The van der Waals surface area contributed by atoms with Gasteiger partial charge < -0.3 is 4.90 Å². The number of hydrogen-bond acceptors (Lipinski definition) is 4. The Hall–Kier alpha value is -2.17. The molecule has 21 heavy (non-hydrogen) atoms. The molecule has 0 spiro atoms. The van der Waals surface area contributed by atoms with E-state index in [0.717, 1.165) is 34.9 Å². The molecule has 0 aliphatic carbocycles. The Labute approximate surface area is 123 Å². The highest BCUT2D eigenvalue weighted by molar-refractivity contribution is 5.83. The Bertz CT molecular complexity index is 807. The molecule has 1 aromatic carbocycles. The Morgan fingerprint density at radius 2 is 2.00 bits per heavy atom. The summed E-state index contributed by atoms with van der Waals surface area (Å²) in [6, 6.07) is 8.71. The van der Waals surface area contributed by atoms with Crippen LogP contribution in [0.25, 0.3) is 16.7 Å². The highest BCUT2D eigenvalue weighted by Gasteiger charge is 2.24. The van der Waals surface area contributed by atoms with Gasteiger partial charge in [-0.1, -0.05) is 12.1 Å². The van der Waals surface area contributed by atoms with Crippen LogP contribution in [0.3, 0.4) is 0 Å². The van der Waals surface area contributed by atoms with Crippen LogP contribution in [0.2, 0.25) is 0 Å². The van der Waals surface area contributed by atoms with Gasteiger partial charge in [0.25, 0.3) is 0 Å². The van der Waals surface area contributed by atoms with Gasteiger partial charge in [-0.15, -0.1) is 10.2 Å². The van der Waals surface area contributed by atoms with Crippen molar-refractivity contribution in [2.75, 3.05) is 11.4 Å². The molecule has 0 bridgehead atoms. The van der Waals surface area contributed by atoms with Crippen LogP contribution in [-0.2, 0) is 0 Å². The Kier molecular flexibility index (Phi) is 2.80. The summed E-state index contributed by atoms with van der Waals surface area (Å²) >= 11 is 0. The second kappa shape index (κ2) is 4.69. The first-order valence-electron chi connectivity index (χ1n) is 7.63. The average Bonchev–Trinajstić information content (AvgIpc) is 2.90. The maximum absolute atomic E-state index is 4.89. The predicted molar refractivity (Wildman–Crippen MR) is 83.7 cm³/mol. The molecule has 0 amide bonds. The fraction of sp³-hybridized carbons (Fsp3) is 0.438. The Morgan fingerprint density at radius 3 is 2.86 bits per heavy atom. The predicted octanol–water partition coefficient (Wildman–Crippen LogP) is 2.96. The number of fused-ring (bicyclic) bond motifs is 3. The lowest BCUT2D eigenvalue weighted by Gasteiger charge is -2.34. The summed E-state index contributed by atoms with van der Waals surface area (Å²) < 4.78 is 2.12. The molecule has 108 valence electrons. The average molecular weight is 281 g/mol. The molecule has 3 aromatic rings. The van der Waals surface area contributed by atoms with E-state index in [1.165, 1.54) is 19.3 Å². The number of aryl methyl sites for hydroxylation is 1. The first kappa shape index (κ1) is 12.6. The maximum Gasteiger partial charge on any atom is 0.204 e. The van der Waals surface area contributed by atoms with Gasteiger partial charge in [-0.05, 0) is 45.2 Å². The molecule has 3 heterocycles. The van der Waals surface area contributed by atoms with Crippen LogP contribution in [0.5, 0.6) is 0 Å². The van der Waals surface area contributed by atoms with E-state index in [4.69, 9.17) is 4.98 Å². The SMILES string of the molecule is Cc1nnc2c(N3CCCCC3C)nc3ccccc3n12. The fourth-order valence-corrected chi connectivity index (χ4v) is 3.31. The number of nitrogens with zero attached hydrogens (tertiary/aromatic N) is 5. The van der Waals surface area contributed by atoms with E-state index >= 15 is 0 Å².